The van der Waals surface area contributed by atoms with Crippen molar-refractivity contribution in [2.75, 3.05) is 51.8 Å². The molecule has 224 valence electrons. The van der Waals surface area contributed by atoms with Crippen molar-refractivity contribution in [1.29, 1.82) is 0 Å². The van der Waals surface area contributed by atoms with Crippen LogP contribution in [0.5, 0.6) is 11.6 Å². The number of aliphatic hydroxyl groups excluding tert-OH is 1. The van der Waals surface area contributed by atoms with Crippen LogP contribution >= 0.6 is 0 Å². The molecule has 0 aliphatic carbocycles. The summed E-state index contributed by atoms with van der Waals surface area (Å²) in [7, 11) is -6.13. The van der Waals surface area contributed by atoms with Crippen LogP contribution in [0.15, 0.2) is 46.3 Å². The highest BCUT2D eigenvalue weighted by Crippen LogP contribution is 2.37. The summed E-state index contributed by atoms with van der Waals surface area (Å²) in [6.45, 7) is 0.957. The summed E-state index contributed by atoms with van der Waals surface area (Å²) < 4.78 is 71.0. The van der Waals surface area contributed by atoms with Gasteiger partial charge in [0, 0.05) is 31.7 Å². The normalized spacial score (nSPS) is 21.6. The first-order valence-electron chi connectivity index (χ1n) is 13.2. The number of sulfonamides is 2. The summed E-state index contributed by atoms with van der Waals surface area (Å²) in [5, 5.41) is 16.1. The van der Waals surface area contributed by atoms with E-state index in [-0.39, 0.29) is 60.6 Å². The predicted molar refractivity (Wildman–Crippen MR) is 146 cm³/mol. The number of piperidine rings is 1. The molecular weight excluding hydrogens is 578 g/mol. The van der Waals surface area contributed by atoms with Gasteiger partial charge in [-0.1, -0.05) is 6.07 Å². The van der Waals surface area contributed by atoms with E-state index in [1.54, 1.807) is 12.1 Å². The van der Waals surface area contributed by atoms with Crippen molar-refractivity contribution in [2.45, 2.75) is 46.9 Å². The van der Waals surface area contributed by atoms with E-state index in [0.717, 1.165) is 0 Å². The van der Waals surface area contributed by atoms with Gasteiger partial charge in [-0.2, -0.15) is 9.29 Å². The van der Waals surface area contributed by atoms with Crippen LogP contribution in [0, 0.1) is 0 Å². The van der Waals surface area contributed by atoms with Gasteiger partial charge >= 0.3 is 0 Å². The number of anilines is 1. The van der Waals surface area contributed by atoms with Gasteiger partial charge in [0.15, 0.2) is 11.6 Å². The Bertz CT molecular complexity index is 1490. The Kier molecular flexibility index (Phi) is 8.52. The minimum absolute atomic E-state index is 0.0217. The van der Waals surface area contributed by atoms with Crippen molar-refractivity contribution < 1.29 is 40.9 Å². The Morgan fingerprint density at radius 1 is 1.22 bits per heavy atom. The van der Waals surface area contributed by atoms with Crippen molar-refractivity contribution in [3.63, 3.8) is 0 Å². The highest BCUT2D eigenvalue weighted by molar-refractivity contribution is 7.89. The van der Waals surface area contributed by atoms with Crippen LogP contribution in [0.2, 0.25) is 0 Å². The van der Waals surface area contributed by atoms with Crippen LogP contribution in [0.1, 0.15) is 19.3 Å². The maximum Gasteiger partial charge on any atom is 0.262 e. The molecule has 3 aliphatic heterocycles. The molecule has 2 aromatic rings. The highest BCUT2D eigenvalue weighted by atomic mass is 32.2. The lowest BCUT2D eigenvalue weighted by molar-refractivity contribution is -0.118. The summed E-state index contributed by atoms with van der Waals surface area (Å²) >= 11 is 0. The largest absolute Gasteiger partial charge is 0.491 e. The fourth-order valence-electron chi connectivity index (χ4n) is 5.09. The highest BCUT2D eigenvalue weighted by Gasteiger charge is 2.45. The van der Waals surface area contributed by atoms with E-state index >= 15 is 0 Å². The molecule has 0 bridgehead atoms. The zero-order valence-electron chi connectivity index (χ0n) is 22.4. The van der Waals surface area contributed by atoms with Crippen molar-refractivity contribution in [1.82, 2.24) is 19.3 Å². The van der Waals surface area contributed by atoms with E-state index in [9.17, 15) is 26.7 Å². The maximum absolute atomic E-state index is 13.2. The van der Waals surface area contributed by atoms with Gasteiger partial charge in [-0.25, -0.2) is 21.6 Å². The second kappa shape index (κ2) is 11.8. The predicted octanol–water partition coefficient (Wildman–Crippen LogP) is -0.338. The molecule has 3 aliphatic rings. The topological polar surface area (TPSA) is 185 Å². The fourth-order valence-corrected chi connectivity index (χ4v) is 7.22. The molecule has 0 radical (unpaired) electrons. The van der Waals surface area contributed by atoms with Gasteiger partial charge in [-0.05, 0) is 50.6 Å². The smallest absolute Gasteiger partial charge is 0.262 e. The molecule has 1 aromatic heterocycles. The first-order chi connectivity index (χ1) is 19.5. The van der Waals surface area contributed by atoms with Crippen LogP contribution in [-0.2, 0) is 29.6 Å². The Morgan fingerprint density at radius 3 is 2.76 bits per heavy atom. The van der Waals surface area contributed by atoms with Crippen LogP contribution in [0.4, 0.5) is 5.69 Å². The summed E-state index contributed by atoms with van der Waals surface area (Å²) in [5.74, 6) is 0.0826. The Morgan fingerprint density at radius 2 is 2.00 bits per heavy atom. The minimum Gasteiger partial charge on any atom is -0.491 e. The molecule has 41 heavy (non-hydrogen) atoms. The van der Waals surface area contributed by atoms with Crippen LogP contribution in [0.25, 0.3) is 0 Å². The average molecular weight is 612 g/mol. The van der Waals surface area contributed by atoms with E-state index in [2.05, 4.69) is 20.3 Å². The number of rotatable bonds is 10. The third-order valence-electron chi connectivity index (χ3n) is 7.36. The molecule has 1 spiro atoms. The third kappa shape index (κ3) is 6.63. The van der Waals surface area contributed by atoms with Crippen molar-refractivity contribution in [2.24, 2.45) is 0 Å². The number of hydrogen-bond acceptors (Lipinski definition) is 11. The number of benzene rings is 1. The lowest BCUT2D eigenvalue weighted by Gasteiger charge is -2.37. The number of fused-ring (bicyclic) bond motifs is 1. The number of pyridine rings is 1. The average Bonchev–Trinajstić information content (AvgIpc) is 3.37. The number of carbonyl (C=O) groups is 1. The number of ether oxygens (including phenoxy) is 3. The molecule has 5 rings (SSSR count). The molecule has 0 saturated carbocycles. The second-order valence-corrected chi connectivity index (χ2v) is 14.0. The standard InChI is InChI=1S/C25H33N5O9S2/c1-26-40(33,34)20-4-2-3-19(11-20)37-15-18(31)13-27-17-12-25(39-14-17)7-9-30(10-8-25)41(35,36)23-6-5-21-24(29-23)38-16-22(32)28-21/h2-6,11,17-18,26-27,31H,7-10,12-16H2,1H3,(H,28,32)/t17?,18-/m0/s1. The summed E-state index contributed by atoms with van der Waals surface area (Å²) in [5.41, 5.74) is -0.123. The molecule has 14 nitrogen and oxygen atoms in total. The van der Waals surface area contributed by atoms with Crippen LogP contribution in [-0.4, -0.2) is 101 Å². The molecule has 2 fully saturated rings. The molecule has 1 amide bonds. The molecule has 2 atom stereocenters. The van der Waals surface area contributed by atoms with E-state index in [1.165, 1.54) is 35.6 Å². The van der Waals surface area contributed by atoms with Crippen LogP contribution in [0.3, 0.4) is 0 Å². The Balaban J connectivity index is 1.08. The van der Waals surface area contributed by atoms with Gasteiger partial charge in [0.1, 0.15) is 24.1 Å². The minimum atomic E-state index is -3.86. The molecule has 4 heterocycles. The van der Waals surface area contributed by atoms with Crippen molar-refractivity contribution in [3.05, 3.63) is 36.4 Å². The second-order valence-electron chi connectivity index (χ2n) is 10.2. The van der Waals surface area contributed by atoms with Gasteiger partial charge in [0.05, 0.1) is 17.1 Å². The zero-order valence-corrected chi connectivity index (χ0v) is 24.0. The van der Waals surface area contributed by atoms with Gasteiger partial charge in [-0.15, -0.1) is 0 Å². The van der Waals surface area contributed by atoms with Crippen molar-refractivity contribution >= 4 is 31.6 Å². The first-order valence-corrected chi connectivity index (χ1v) is 16.1. The lowest BCUT2D eigenvalue weighted by Crippen LogP contribution is -2.47. The number of aromatic nitrogens is 1. The van der Waals surface area contributed by atoms with Crippen LogP contribution < -0.4 is 24.8 Å². The molecule has 1 aromatic carbocycles. The summed E-state index contributed by atoms with van der Waals surface area (Å²) in [6, 6.07) is 8.83. The number of amides is 1. The van der Waals surface area contributed by atoms with Gasteiger partial charge in [0.2, 0.25) is 15.9 Å². The van der Waals surface area contributed by atoms with Gasteiger partial charge in [0.25, 0.3) is 15.9 Å². The van der Waals surface area contributed by atoms with Gasteiger partial charge in [-0.3, -0.25) is 4.79 Å². The van der Waals surface area contributed by atoms with E-state index in [4.69, 9.17) is 14.2 Å². The number of hydrogen-bond donors (Lipinski definition) is 4. The molecule has 1 unspecified atom stereocenters. The number of nitrogens with zero attached hydrogens (tertiary/aromatic N) is 2. The number of nitrogens with one attached hydrogen (secondary N) is 3. The van der Waals surface area contributed by atoms with E-state index < -0.39 is 31.8 Å². The first kappa shape index (κ1) is 29.6. The number of carbonyl (C=O) groups excluding carboxylic acids is 1. The summed E-state index contributed by atoms with van der Waals surface area (Å²) in [4.78, 5) is 15.6. The molecule has 16 heteroatoms. The zero-order chi connectivity index (χ0) is 29.3. The lowest BCUT2D eigenvalue weighted by atomic mass is 9.88. The molecular formula is C25H33N5O9S2. The summed E-state index contributed by atoms with van der Waals surface area (Å²) in [6.07, 6.45) is 0.853. The quantitative estimate of drug-likeness (QED) is 0.276. The van der Waals surface area contributed by atoms with E-state index in [1.807, 2.05) is 0 Å². The maximum atomic E-state index is 13.2. The fraction of sp³-hybridized carbons (Fsp3) is 0.520. The number of aliphatic hydroxyl groups is 1. The monoisotopic (exact) mass is 611 g/mol. The Hall–Kier alpha value is -2.86. The van der Waals surface area contributed by atoms with Gasteiger partial charge < -0.3 is 30.0 Å². The molecule has 2 saturated heterocycles. The Labute approximate surface area is 238 Å². The molecule has 4 N–H and O–H groups in total. The third-order valence-corrected chi connectivity index (χ3v) is 10.6. The SMILES string of the molecule is CNS(=O)(=O)c1cccc(OC[C@@H](O)CNC2COC3(CCN(S(=O)(=O)c4ccc5c(n4)OCC(=O)N5)CC3)C2)c1. The van der Waals surface area contributed by atoms with Crippen molar-refractivity contribution in [3.8, 4) is 11.6 Å². The van der Waals surface area contributed by atoms with E-state index in [0.29, 0.717) is 37.3 Å².